The predicted molar refractivity (Wildman–Crippen MR) is 135 cm³/mol. The van der Waals surface area contributed by atoms with Crippen molar-refractivity contribution in [3.05, 3.63) is 92.9 Å². The molecule has 2 heterocycles. The van der Waals surface area contributed by atoms with Crippen LogP contribution < -0.4 is 10.3 Å². The standard InChI is InChI=1S/C26H19ClF4N4O5/c1-3-19(24(37)13-4-6-15(25(38)39)18(28)8-13)34-11-21(40-2)17(10-23(34)36)16-9-14(27)5-7-20(16)35-12-22(32-33-35)26(29,30)31/h4-12,19H,3H2,1-2H3,(H,38,39)/t19-/m0/s1. The molecule has 0 unspecified atom stereocenters. The average Bonchev–Trinajstić information content (AvgIpc) is 3.40. The molecule has 40 heavy (non-hydrogen) atoms. The second kappa shape index (κ2) is 10.9. The van der Waals surface area contributed by atoms with Crippen molar-refractivity contribution in [2.75, 3.05) is 7.11 Å². The number of carboxylic acid groups (broad SMARTS) is 1. The summed E-state index contributed by atoms with van der Waals surface area (Å²) in [5.41, 5.74) is -2.22. The fourth-order valence-corrected chi connectivity index (χ4v) is 4.30. The van der Waals surface area contributed by atoms with Gasteiger partial charge in [-0.2, -0.15) is 13.2 Å². The summed E-state index contributed by atoms with van der Waals surface area (Å²) in [7, 11) is 1.29. The van der Waals surface area contributed by atoms with Crippen molar-refractivity contribution in [2.24, 2.45) is 0 Å². The Bertz CT molecular complexity index is 1680. The number of methoxy groups -OCH3 is 1. The number of pyridine rings is 1. The molecule has 1 atom stereocenters. The zero-order valence-electron chi connectivity index (χ0n) is 20.7. The van der Waals surface area contributed by atoms with Gasteiger partial charge in [-0.05, 0) is 36.8 Å². The highest BCUT2D eigenvalue weighted by molar-refractivity contribution is 6.31. The summed E-state index contributed by atoms with van der Waals surface area (Å²) in [5, 5.41) is 16.0. The van der Waals surface area contributed by atoms with Gasteiger partial charge >= 0.3 is 12.1 Å². The second-order valence-electron chi connectivity index (χ2n) is 8.50. The van der Waals surface area contributed by atoms with Crippen LogP contribution in [0, 0.1) is 5.82 Å². The summed E-state index contributed by atoms with van der Waals surface area (Å²) in [4.78, 5) is 37.6. The van der Waals surface area contributed by atoms with E-state index in [2.05, 4.69) is 10.3 Å². The van der Waals surface area contributed by atoms with Gasteiger partial charge in [0.05, 0.1) is 36.8 Å². The normalized spacial score (nSPS) is 12.3. The molecule has 0 bridgehead atoms. The summed E-state index contributed by atoms with van der Waals surface area (Å²) < 4.78 is 61.0. The summed E-state index contributed by atoms with van der Waals surface area (Å²) in [5.74, 6) is -3.19. The van der Waals surface area contributed by atoms with Gasteiger partial charge in [-0.15, -0.1) is 5.10 Å². The number of Topliss-reactive ketones (excluding diaryl/α,β-unsaturated/α-hetero) is 1. The molecule has 4 aromatic rings. The molecule has 1 N–H and O–H groups in total. The zero-order valence-corrected chi connectivity index (χ0v) is 21.5. The van der Waals surface area contributed by atoms with E-state index >= 15 is 0 Å². The van der Waals surface area contributed by atoms with Crippen LogP contribution in [0.3, 0.4) is 0 Å². The molecular weight excluding hydrogens is 560 g/mol. The van der Waals surface area contributed by atoms with E-state index in [4.69, 9.17) is 21.4 Å². The summed E-state index contributed by atoms with van der Waals surface area (Å²) in [6, 6.07) is 7.13. The Labute approximate surface area is 228 Å². The minimum absolute atomic E-state index is 0.0675. The molecule has 0 aliphatic carbocycles. The van der Waals surface area contributed by atoms with Crippen LogP contribution in [-0.2, 0) is 6.18 Å². The summed E-state index contributed by atoms with van der Waals surface area (Å²) >= 11 is 6.16. The van der Waals surface area contributed by atoms with Crippen LogP contribution in [0.25, 0.3) is 16.8 Å². The van der Waals surface area contributed by atoms with Crippen LogP contribution in [0.4, 0.5) is 17.6 Å². The van der Waals surface area contributed by atoms with Gasteiger partial charge in [-0.25, -0.2) is 13.9 Å². The highest BCUT2D eigenvalue weighted by Crippen LogP contribution is 2.36. The number of benzene rings is 2. The van der Waals surface area contributed by atoms with E-state index in [1.165, 1.54) is 31.5 Å². The van der Waals surface area contributed by atoms with E-state index < -0.39 is 46.6 Å². The molecule has 0 aliphatic rings. The number of ether oxygens (including phenoxy) is 1. The average molecular weight is 579 g/mol. The molecule has 0 spiro atoms. The van der Waals surface area contributed by atoms with Crippen molar-refractivity contribution in [3.8, 4) is 22.6 Å². The minimum atomic E-state index is -4.73. The largest absolute Gasteiger partial charge is 0.495 e. The number of alkyl halides is 3. The van der Waals surface area contributed by atoms with Crippen molar-refractivity contribution in [2.45, 2.75) is 25.6 Å². The quantitative estimate of drug-likeness (QED) is 0.218. The van der Waals surface area contributed by atoms with E-state index in [1.54, 1.807) is 6.92 Å². The van der Waals surface area contributed by atoms with Crippen molar-refractivity contribution < 1.29 is 37.0 Å². The number of carboxylic acids is 1. The van der Waals surface area contributed by atoms with Gasteiger partial charge in [0.25, 0.3) is 5.56 Å². The van der Waals surface area contributed by atoms with E-state index in [1.807, 2.05) is 0 Å². The van der Waals surface area contributed by atoms with Gasteiger partial charge in [-0.1, -0.05) is 29.8 Å². The maximum Gasteiger partial charge on any atom is 0.436 e. The second-order valence-corrected chi connectivity index (χ2v) is 8.93. The monoisotopic (exact) mass is 578 g/mol. The maximum atomic E-state index is 14.2. The van der Waals surface area contributed by atoms with Gasteiger partial charge in [-0.3, -0.25) is 9.59 Å². The van der Waals surface area contributed by atoms with Crippen LogP contribution in [0.2, 0.25) is 5.02 Å². The lowest BCUT2D eigenvalue weighted by molar-refractivity contribution is -0.141. The number of halogens is 5. The molecular formula is C26H19ClF4N4O5. The lowest BCUT2D eigenvalue weighted by Gasteiger charge is -2.20. The Morgan fingerprint density at radius 1 is 1.10 bits per heavy atom. The first-order valence-corrected chi connectivity index (χ1v) is 11.9. The molecule has 2 aromatic heterocycles. The van der Waals surface area contributed by atoms with Crippen LogP contribution in [0.5, 0.6) is 5.75 Å². The number of aromatic nitrogens is 4. The third kappa shape index (κ3) is 5.45. The molecule has 0 aliphatic heterocycles. The lowest BCUT2D eigenvalue weighted by atomic mass is 9.99. The fraction of sp³-hybridized carbons (Fsp3) is 0.192. The van der Waals surface area contributed by atoms with Crippen molar-refractivity contribution >= 4 is 23.4 Å². The molecule has 208 valence electrons. The van der Waals surface area contributed by atoms with Crippen molar-refractivity contribution in [3.63, 3.8) is 0 Å². The minimum Gasteiger partial charge on any atom is -0.495 e. The van der Waals surface area contributed by atoms with Gasteiger partial charge in [0.2, 0.25) is 0 Å². The van der Waals surface area contributed by atoms with E-state index in [-0.39, 0.29) is 39.6 Å². The van der Waals surface area contributed by atoms with Gasteiger partial charge < -0.3 is 14.4 Å². The number of aromatic carboxylic acids is 1. The highest BCUT2D eigenvalue weighted by atomic mass is 35.5. The molecule has 0 amide bonds. The Hall–Kier alpha value is -4.52. The number of ketones is 1. The topological polar surface area (TPSA) is 116 Å². The zero-order chi connectivity index (χ0) is 29.4. The molecule has 2 aromatic carbocycles. The number of rotatable bonds is 8. The molecule has 4 rings (SSSR count). The van der Waals surface area contributed by atoms with Gasteiger partial charge in [0.15, 0.2) is 11.5 Å². The first kappa shape index (κ1) is 28.5. The van der Waals surface area contributed by atoms with Crippen molar-refractivity contribution in [1.29, 1.82) is 0 Å². The van der Waals surface area contributed by atoms with Crippen LogP contribution >= 0.6 is 11.6 Å². The number of carbonyl (C=O) groups is 2. The summed E-state index contributed by atoms with van der Waals surface area (Å²) in [6.45, 7) is 1.62. The van der Waals surface area contributed by atoms with E-state index in [0.717, 1.165) is 33.5 Å². The molecule has 0 radical (unpaired) electrons. The van der Waals surface area contributed by atoms with Crippen LogP contribution in [0.1, 0.15) is 45.8 Å². The Kier molecular flexibility index (Phi) is 7.78. The molecule has 0 fully saturated rings. The first-order valence-electron chi connectivity index (χ1n) is 11.5. The SMILES string of the molecule is CC[C@@H](C(=O)c1ccc(C(=O)O)c(F)c1)n1cc(OC)c(-c2cc(Cl)ccc2-n2cc(C(F)(F)F)nn2)cc1=O. The predicted octanol–water partition coefficient (Wildman–Crippen LogP) is 5.45. The first-order chi connectivity index (χ1) is 18.8. The van der Waals surface area contributed by atoms with Gasteiger partial charge in [0.1, 0.15) is 11.6 Å². The molecule has 0 saturated carbocycles. The Morgan fingerprint density at radius 2 is 1.82 bits per heavy atom. The number of hydrogen-bond donors (Lipinski definition) is 1. The maximum absolute atomic E-state index is 14.2. The van der Waals surface area contributed by atoms with E-state index in [9.17, 15) is 31.9 Å². The lowest BCUT2D eigenvalue weighted by Crippen LogP contribution is -2.29. The van der Waals surface area contributed by atoms with Crippen LogP contribution in [0.15, 0.2) is 59.7 Å². The third-order valence-electron chi connectivity index (χ3n) is 6.05. The number of carbonyl (C=O) groups excluding carboxylic acids is 1. The smallest absolute Gasteiger partial charge is 0.436 e. The number of nitrogens with zero attached hydrogens (tertiary/aromatic N) is 4. The third-order valence-corrected chi connectivity index (χ3v) is 6.29. The van der Waals surface area contributed by atoms with E-state index in [0.29, 0.717) is 6.20 Å². The molecule has 14 heteroatoms. The fourth-order valence-electron chi connectivity index (χ4n) is 4.12. The molecule has 9 nitrogen and oxygen atoms in total. The summed E-state index contributed by atoms with van der Waals surface area (Å²) in [6.07, 6.45) is -2.70. The number of hydrogen-bond acceptors (Lipinski definition) is 6. The van der Waals surface area contributed by atoms with Gasteiger partial charge in [0, 0.05) is 27.8 Å². The Morgan fingerprint density at radius 3 is 2.40 bits per heavy atom. The van der Waals surface area contributed by atoms with Crippen molar-refractivity contribution in [1.82, 2.24) is 19.6 Å². The molecule has 0 saturated heterocycles. The highest BCUT2D eigenvalue weighted by Gasteiger charge is 2.35. The van der Waals surface area contributed by atoms with Crippen LogP contribution in [-0.4, -0.2) is 43.5 Å². The Balaban J connectivity index is 1.81.